The van der Waals surface area contributed by atoms with E-state index in [-0.39, 0.29) is 23.9 Å². The molecule has 3 atom stereocenters. The monoisotopic (exact) mass is 230 g/mol. The van der Waals surface area contributed by atoms with Gasteiger partial charge in [0.1, 0.15) is 0 Å². The number of methoxy groups -OCH3 is 1. The van der Waals surface area contributed by atoms with Crippen molar-refractivity contribution >= 4 is 5.91 Å². The first-order valence-corrected chi connectivity index (χ1v) is 5.73. The third-order valence-corrected chi connectivity index (χ3v) is 2.93. The van der Waals surface area contributed by atoms with E-state index in [2.05, 4.69) is 10.6 Å². The molecule has 0 saturated carbocycles. The number of carbonyl (C=O) groups is 1. The summed E-state index contributed by atoms with van der Waals surface area (Å²) in [6, 6.07) is 0.278. The van der Waals surface area contributed by atoms with Crippen LogP contribution in [0.2, 0.25) is 0 Å². The second kappa shape index (κ2) is 6.83. The Morgan fingerprint density at radius 3 is 2.94 bits per heavy atom. The summed E-state index contributed by atoms with van der Waals surface area (Å²) in [5.41, 5.74) is 0. The zero-order chi connectivity index (χ0) is 12.0. The molecule has 1 rings (SSSR count). The van der Waals surface area contributed by atoms with Crippen LogP contribution in [0.3, 0.4) is 0 Å². The Hall–Kier alpha value is -0.650. The van der Waals surface area contributed by atoms with E-state index in [0.29, 0.717) is 19.8 Å². The lowest BCUT2D eigenvalue weighted by atomic mass is 10.0. The van der Waals surface area contributed by atoms with Gasteiger partial charge < -0.3 is 20.1 Å². The van der Waals surface area contributed by atoms with Crippen molar-refractivity contribution in [2.24, 2.45) is 5.92 Å². The van der Waals surface area contributed by atoms with E-state index in [4.69, 9.17) is 9.47 Å². The van der Waals surface area contributed by atoms with Crippen LogP contribution in [0.1, 0.15) is 13.3 Å². The topological polar surface area (TPSA) is 59.6 Å². The third-order valence-electron chi connectivity index (χ3n) is 2.93. The van der Waals surface area contributed by atoms with Crippen LogP contribution in [-0.2, 0) is 14.3 Å². The van der Waals surface area contributed by atoms with Crippen LogP contribution in [0, 0.1) is 5.92 Å². The number of carbonyl (C=O) groups excluding carboxylic acids is 1. The Labute approximate surface area is 96.9 Å². The Morgan fingerprint density at radius 2 is 2.31 bits per heavy atom. The maximum absolute atomic E-state index is 11.9. The highest BCUT2D eigenvalue weighted by atomic mass is 16.5. The first-order chi connectivity index (χ1) is 7.69. The number of hydrogen-bond acceptors (Lipinski definition) is 4. The zero-order valence-electron chi connectivity index (χ0n) is 10.3. The van der Waals surface area contributed by atoms with Crippen molar-refractivity contribution in [3.63, 3.8) is 0 Å². The quantitative estimate of drug-likeness (QED) is 0.661. The van der Waals surface area contributed by atoms with Crippen molar-refractivity contribution < 1.29 is 14.3 Å². The molecule has 0 aromatic rings. The number of hydrogen-bond donors (Lipinski definition) is 2. The minimum absolute atomic E-state index is 0.0699. The normalized spacial score (nSPS) is 26.7. The van der Waals surface area contributed by atoms with Crippen molar-refractivity contribution in [3.05, 3.63) is 0 Å². The molecule has 5 heteroatoms. The van der Waals surface area contributed by atoms with Gasteiger partial charge in [0.2, 0.25) is 5.91 Å². The molecule has 0 aliphatic carbocycles. The van der Waals surface area contributed by atoms with Crippen molar-refractivity contribution in [3.8, 4) is 0 Å². The van der Waals surface area contributed by atoms with E-state index >= 15 is 0 Å². The molecule has 1 amide bonds. The Kier molecular flexibility index (Phi) is 5.73. The van der Waals surface area contributed by atoms with E-state index in [9.17, 15) is 4.79 Å². The molecule has 1 heterocycles. The Bertz CT molecular complexity index is 223. The van der Waals surface area contributed by atoms with Gasteiger partial charge >= 0.3 is 0 Å². The molecule has 0 aromatic heterocycles. The first kappa shape index (κ1) is 13.4. The minimum Gasteiger partial charge on any atom is -0.385 e. The van der Waals surface area contributed by atoms with Crippen LogP contribution in [0.15, 0.2) is 0 Å². The molecule has 1 fully saturated rings. The van der Waals surface area contributed by atoms with Crippen LogP contribution in [0.25, 0.3) is 0 Å². The highest BCUT2D eigenvalue weighted by Gasteiger charge is 2.33. The van der Waals surface area contributed by atoms with Crippen LogP contribution >= 0.6 is 0 Å². The molecule has 0 radical (unpaired) electrons. The summed E-state index contributed by atoms with van der Waals surface area (Å²) in [6.45, 7) is 3.77. The molecule has 1 saturated heterocycles. The lowest BCUT2D eigenvalue weighted by Crippen LogP contribution is -2.45. The predicted octanol–water partition coefficient (Wildman–Crippen LogP) is -0.238. The van der Waals surface area contributed by atoms with E-state index in [1.807, 2.05) is 14.0 Å². The molecule has 1 aliphatic rings. The van der Waals surface area contributed by atoms with Crippen LogP contribution in [0.5, 0.6) is 0 Å². The summed E-state index contributed by atoms with van der Waals surface area (Å²) in [7, 11) is 3.52. The summed E-state index contributed by atoms with van der Waals surface area (Å²) in [6.07, 6.45) is 0.833. The zero-order valence-corrected chi connectivity index (χ0v) is 10.3. The summed E-state index contributed by atoms with van der Waals surface area (Å²) >= 11 is 0. The van der Waals surface area contributed by atoms with Crippen LogP contribution in [-0.4, -0.2) is 52.0 Å². The fraction of sp³-hybridized carbons (Fsp3) is 0.909. The SMILES string of the molecule is CNC1COCC1C(=O)NC(C)CCOC. The third kappa shape index (κ3) is 3.73. The summed E-state index contributed by atoms with van der Waals surface area (Å²) in [4.78, 5) is 11.9. The maximum Gasteiger partial charge on any atom is 0.227 e. The highest BCUT2D eigenvalue weighted by molar-refractivity contribution is 5.80. The number of ether oxygens (including phenoxy) is 2. The number of amides is 1. The second-order valence-corrected chi connectivity index (χ2v) is 4.23. The summed E-state index contributed by atoms with van der Waals surface area (Å²) in [5, 5.41) is 6.08. The van der Waals surface area contributed by atoms with Gasteiger partial charge in [0.25, 0.3) is 0 Å². The highest BCUT2D eigenvalue weighted by Crippen LogP contribution is 2.13. The van der Waals surface area contributed by atoms with Gasteiger partial charge in [0, 0.05) is 25.8 Å². The fourth-order valence-electron chi connectivity index (χ4n) is 1.81. The van der Waals surface area contributed by atoms with Gasteiger partial charge in [-0.05, 0) is 20.4 Å². The van der Waals surface area contributed by atoms with E-state index < -0.39 is 0 Å². The van der Waals surface area contributed by atoms with Gasteiger partial charge in [0.05, 0.1) is 19.1 Å². The van der Waals surface area contributed by atoms with Crippen molar-refractivity contribution in [1.82, 2.24) is 10.6 Å². The second-order valence-electron chi connectivity index (χ2n) is 4.23. The van der Waals surface area contributed by atoms with Gasteiger partial charge in [-0.2, -0.15) is 0 Å². The molecular formula is C11H22N2O3. The molecule has 1 aliphatic heterocycles. The minimum atomic E-state index is -0.0741. The first-order valence-electron chi connectivity index (χ1n) is 5.73. The molecule has 2 N–H and O–H groups in total. The van der Waals surface area contributed by atoms with Gasteiger partial charge in [-0.3, -0.25) is 4.79 Å². The molecule has 3 unspecified atom stereocenters. The van der Waals surface area contributed by atoms with Gasteiger partial charge in [0.15, 0.2) is 0 Å². The smallest absolute Gasteiger partial charge is 0.227 e. The van der Waals surface area contributed by atoms with Crippen LogP contribution in [0.4, 0.5) is 0 Å². The Balaban J connectivity index is 2.33. The van der Waals surface area contributed by atoms with Gasteiger partial charge in [-0.25, -0.2) is 0 Å². The standard InChI is InChI=1S/C11H22N2O3/c1-8(4-5-15-3)13-11(14)9-6-16-7-10(9)12-2/h8-10,12H,4-7H2,1-3H3,(H,13,14). The van der Waals surface area contributed by atoms with Crippen LogP contribution < -0.4 is 10.6 Å². The largest absolute Gasteiger partial charge is 0.385 e. The molecule has 16 heavy (non-hydrogen) atoms. The van der Waals surface area contributed by atoms with Crippen molar-refractivity contribution in [2.75, 3.05) is 34.0 Å². The molecular weight excluding hydrogens is 208 g/mol. The van der Waals surface area contributed by atoms with Crippen molar-refractivity contribution in [1.29, 1.82) is 0 Å². The van der Waals surface area contributed by atoms with E-state index in [1.54, 1.807) is 7.11 Å². The fourth-order valence-corrected chi connectivity index (χ4v) is 1.81. The molecule has 94 valence electrons. The summed E-state index contributed by atoms with van der Waals surface area (Å²) < 4.78 is 10.3. The molecule has 0 aromatic carbocycles. The average Bonchev–Trinajstić information content (AvgIpc) is 2.74. The average molecular weight is 230 g/mol. The predicted molar refractivity (Wildman–Crippen MR) is 61.3 cm³/mol. The van der Waals surface area contributed by atoms with E-state index in [0.717, 1.165) is 6.42 Å². The molecule has 5 nitrogen and oxygen atoms in total. The molecule has 0 spiro atoms. The summed E-state index contributed by atoms with van der Waals surface area (Å²) in [5.74, 6) is -0.00421. The lowest BCUT2D eigenvalue weighted by Gasteiger charge is -2.19. The van der Waals surface area contributed by atoms with E-state index in [1.165, 1.54) is 0 Å². The van der Waals surface area contributed by atoms with Crippen molar-refractivity contribution in [2.45, 2.75) is 25.4 Å². The lowest BCUT2D eigenvalue weighted by molar-refractivity contribution is -0.126. The number of rotatable bonds is 6. The number of nitrogens with one attached hydrogen (secondary N) is 2. The Morgan fingerprint density at radius 1 is 1.56 bits per heavy atom. The van der Waals surface area contributed by atoms with Gasteiger partial charge in [-0.15, -0.1) is 0 Å². The number of likely N-dealkylation sites (N-methyl/N-ethyl adjacent to an activating group) is 1. The van der Waals surface area contributed by atoms with Gasteiger partial charge in [-0.1, -0.05) is 0 Å². The maximum atomic E-state index is 11.9. The molecule has 0 bridgehead atoms.